The molecule has 2 atom stereocenters. The van der Waals surface area contributed by atoms with E-state index in [0.29, 0.717) is 6.42 Å². The summed E-state index contributed by atoms with van der Waals surface area (Å²) in [6.45, 7) is 4.19. The molecular weight excluding hydrogens is 216 g/mol. The third kappa shape index (κ3) is 2.39. The van der Waals surface area contributed by atoms with Gasteiger partial charge in [0.1, 0.15) is 17.1 Å². The number of methoxy groups -OCH3 is 1. The molecule has 0 aromatic heterocycles. The number of aliphatic hydroxyl groups excluding tert-OH is 1. The Morgan fingerprint density at radius 3 is 2.94 bits per heavy atom. The Morgan fingerprint density at radius 2 is 2.29 bits per heavy atom. The summed E-state index contributed by atoms with van der Waals surface area (Å²) in [6.07, 6.45) is 2.18. The highest BCUT2D eigenvalue weighted by molar-refractivity contribution is 5.43. The number of benzene rings is 1. The van der Waals surface area contributed by atoms with Crippen molar-refractivity contribution >= 4 is 0 Å². The van der Waals surface area contributed by atoms with E-state index in [2.05, 4.69) is 13.8 Å². The predicted molar refractivity (Wildman–Crippen MR) is 66.5 cm³/mol. The summed E-state index contributed by atoms with van der Waals surface area (Å²) >= 11 is 0. The molecule has 1 heterocycles. The van der Waals surface area contributed by atoms with Gasteiger partial charge < -0.3 is 14.6 Å². The van der Waals surface area contributed by atoms with Crippen molar-refractivity contribution in [3.63, 3.8) is 0 Å². The van der Waals surface area contributed by atoms with Crippen LogP contribution in [0.15, 0.2) is 18.2 Å². The summed E-state index contributed by atoms with van der Waals surface area (Å²) in [4.78, 5) is 0. The maximum Gasteiger partial charge on any atom is 0.126 e. The Morgan fingerprint density at radius 1 is 1.53 bits per heavy atom. The number of aliphatic hydroxyl groups is 1. The predicted octanol–water partition coefficient (Wildman–Crippen LogP) is 3.07. The molecule has 3 heteroatoms. The largest absolute Gasteiger partial charge is 0.497 e. The second-order valence-corrected chi connectivity index (χ2v) is 4.93. The first-order valence-electron chi connectivity index (χ1n) is 6.13. The van der Waals surface area contributed by atoms with E-state index in [9.17, 15) is 5.11 Å². The molecule has 3 nitrogen and oxygen atoms in total. The fourth-order valence-electron chi connectivity index (χ4n) is 2.51. The van der Waals surface area contributed by atoms with Crippen LogP contribution in [0.1, 0.15) is 44.8 Å². The van der Waals surface area contributed by atoms with E-state index in [1.165, 1.54) is 0 Å². The van der Waals surface area contributed by atoms with E-state index >= 15 is 0 Å². The molecule has 0 aliphatic carbocycles. The molecule has 0 spiro atoms. The molecule has 1 N–H and O–H groups in total. The van der Waals surface area contributed by atoms with E-state index in [-0.39, 0.29) is 5.60 Å². The first kappa shape index (κ1) is 12.2. The molecule has 1 aliphatic rings. The minimum atomic E-state index is -0.467. The lowest BCUT2D eigenvalue weighted by Crippen LogP contribution is -2.37. The number of ether oxygens (including phenoxy) is 2. The first-order valence-corrected chi connectivity index (χ1v) is 6.13. The second-order valence-electron chi connectivity index (χ2n) is 4.93. The molecule has 0 radical (unpaired) electrons. The third-order valence-corrected chi connectivity index (χ3v) is 3.34. The summed E-state index contributed by atoms with van der Waals surface area (Å²) in [5.41, 5.74) is 0.577. The number of hydrogen-bond acceptors (Lipinski definition) is 3. The van der Waals surface area contributed by atoms with Crippen molar-refractivity contribution in [1.29, 1.82) is 0 Å². The SMILES string of the molecule is CCCC1(C)CC(O)c2cc(OC)ccc2O1. The monoisotopic (exact) mass is 236 g/mol. The Balaban J connectivity index is 2.31. The first-order chi connectivity index (χ1) is 8.08. The lowest BCUT2D eigenvalue weighted by atomic mass is 9.87. The summed E-state index contributed by atoms with van der Waals surface area (Å²) in [7, 11) is 1.62. The van der Waals surface area contributed by atoms with E-state index < -0.39 is 6.10 Å². The molecule has 17 heavy (non-hydrogen) atoms. The van der Waals surface area contributed by atoms with Crippen molar-refractivity contribution in [1.82, 2.24) is 0 Å². The number of fused-ring (bicyclic) bond motifs is 1. The molecule has 1 aliphatic heterocycles. The Labute approximate surface area is 102 Å². The van der Waals surface area contributed by atoms with Crippen LogP contribution in [-0.2, 0) is 0 Å². The molecule has 0 saturated carbocycles. The Kier molecular flexibility index (Phi) is 3.29. The van der Waals surface area contributed by atoms with Crippen LogP contribution in [-0.4, -0.2) is 17.8 Å². The van der Waals surface area contributed by atoms with Gasteiger partial charge in [-0.25, -0.2) is 0 Å². The van der Waals surface area contributed by atoms with Gasteiger partial charge in [0.15, 0.2) is 0 Å². The standard InChI is InChI=1S/C14H20O3/c1-4-7-14(2)9-12(15)11-8-10(16-3)5-6-13(11)17-14/h5-6,8,12,15H,4,7,9H2,1-3H3. The normalized spacial score (nSPS) is 27.2. The highest BCUT2D eigenvalue weighted by Crippen LogP contribution is 2.42. The van der Waals surface area contributed by atoms with Gasteiger partial charge in [0, 0.05) is 12.0 Å². The van der Waals surface area contributed by atoms with Crippen molar-refractivity contribution in [2.45, 2.75) is 44.8 Å². The molecule has 94 valence electrons. The van der Waals surface area contributed by atoms with E-state index in [1.807, 2.05) is 18.2 Å². The zero-order valence-electron chi connectivity index (χ0n) is 10.7. The summed E-state index contributed by atoms with van der Waals surface area (Å²) in [6, 6.07) is 5.60. The minimum absolute atomic E-state index is 0.254. The number of rotatable bonds is 3. The fourth-order valence-corrected chi connectivity index (χ4v) is 2.51. The van der Waals surface area contributed by atoms with Crippen LogP contribution < -0.4 is 9.47 Å². The minimum Gasteiger partial charge on any atom is -0.497 e. The highest BCUT2D eigenvalue weighted by Gasteiger charge is 2.35. The van der Waals surface area contributed by atoms with E-state index in [1.54, 1.807) is 7.11 Å². The smallest absolute Gasteiger partial charge is 0.126 e. The van der Waals surface area contributed by atoms with E-state index in [0.717, 1.165) is 29.9 Å². The third-order valence-electron chi connectivity index (χ3n) is 3.34. The lowest BCUT2D eigenvalue weighted by molar-refractivity contribution is -0.00748. The Bertz CT molecular complexity index is 402. The van der Waals surface area contributed by atoms with Crippen LogP contribution in [0.3, 0.4) is 0 Å². The van der Waals surface area contributed by atoms with Crippen molar-refractivity contribution in [3.05, 3.63) is 23.8 Å². The Hall–Kier alpha value is -1.22. The van der Waals surface area contributed by atoms with Crippen LogP contribution in [0.25, 0.3) is 0 Å². The van der Waals surface area contributed by atoms with Crippen molar-refractivity contribution in [2.75, 3.05) is 7.11 Å². The molecule has 2 rings (SSSR count). The molecule has 1 aromatic carbocycles. The highest BCUT2D eigenvalue weighted by atomic mass is 16.5. The lowest BCUT2D eigenvalue weighted by Gasteiger charge is -2.38. The van der Waals surface area contributed by atoms with Crippen molar-refractivity contribution in [2.24, 2.45) is 0 Å². The average molecular weight is 236 g/mol. The van der Waals surface area contributed by atoms with Gasteiger partial charge in [0.25, 0.3) is 0 Å². The average Bonchev–Trinajstić information content (AvgIpc) is 2.28. The van der Waals surface area contributed by atoms with Crippen molar-refractivity contribution < 1.29 is 14.6 Å². The van der Waals surface area contributed by atoms with Gasteiger partial charge in [-0.1, -0.05) is 13.3 Å². The molecule has 0 bridgehead atoms. The quantitative estimate of drug-likeness (QED) is 0.876. The fraction of sp³-hybridized carbons (Fsp3) is 0.571. The maximum absolute atomic E-state index is 10.2. The van der Waals surface area contributed by atoms with Crippen LogP contribution in [0.5, 0.6) is 11.5 Å². The molecule has 2 unspecified atom stereocenters. The molecule has 0 fully saturated rings. The van der Waals surface area contributed by atoms with Gasteiger partial charge in [-0.3, -0.25) is 0 Å². The number of hydrogen-bond donors (Lipinski definition) is 1. The van der Waals surface area contributed by atoms with E-state index in [4.69, 9.17) is 9.47 Å². The van der Waals surface area contributed by atoms with Gasteiger partial charge in [-0.15, -0.1) is 0 Å². The van der Waals surface area contributed by atoms with Crippen LogP contribution >= 0.6 is 0 Å². The van der Waals surface area contributed by atoms with Gasteiger partial charge in [0.2, 0.25) is 0 Å². The summed E-state index contributed by atoms with van der Waals surface area (Å²) in [5, 5.41) is 10.2. The van der Waals surface area contributed by atoms with Crippen LogP contribution in [0.2, 0.25) is 0 Å². The van der Waals surface area contributed by atoms with Gasteiger partial charge in [-0.2, -0.15) is 0 Å². The summed E-state index contributed by atoms with van der Waals surface area (Å²) < 4.78 is 11.2. The topological polar surface area (TPSA) is 38.7 Å². The zero-order chi connectivity index (χ0) is 12.5. The van der Waals surface area contributed by atoms with Gasteiger partial charge in [0.05, 0.1) is 13.2 Å². The van der Waals surface area contributed by atoms with Gasteiger partial charge >= 0.3 is 0 Å². The van der Waals surface area contributed by atoms with Gasteiger partial charge in [-0.05, 0) is 31.5 Å². The summed E-state index contributed by atoms with van der Waals surface area (Å²) in [5.74, 6) is 1.53. The second kappa shape index (κ2) is 4.57. The van der Waals surface area contributed by atoms with Crippen LogP contribution in [0.4, 0.5) is 0 Å². The zero-order valence-corrected chi connectivity index (χ0v) is 10.7. The van der Waals surface area contributed by atoms with Crippen molar-refractivity contribution in [3.8, 4) is 11.5 Å². The molecule has 0 saturated heterocycles. The molecule has 1 aromatic rings. The maximum atomic E-state index is 10.2. The molecule has 0 amide bonds. The van der Waals surface area contributed by atoms with Crippen LogP contribution in [0, 0.1) is 0 Å². The molecular formula is C14H20O3.